The van der Waals surface area contributed by atoms with Crippen LogP contribution in [0.3, 0.4) is 0 Å². The molecule has 1 N–H and O–H groups in total. The molecule has 0 amide bonds. The average Bonchev–Trinajstić information content (AvgIpc) is 2.39. The fraction of sp³-hybridized carbons (Fsp3) is 0.286. The number of pyridine rings is 2. The van der Waals surface area contributed by atoms with E-state index in [1.165, 1.54) is 6.07 Å². The van der Waals surface area contributed by atoms with E-state index >= 15 is 0 Å². The Morgan fingerprint density at radius 1 is 1.20 bits per heavy atom. The zero-order valence-electron chi connectivity index (χ0n) is 11.6. The van der Waals surface area contributed by atoms with Crippen molar-refractivity contribution in [1.82, 2.24) is 9.97 Å². The van der Waals surface area contributed by atoms with Gasteiger partial charge in [0.05, 0.1) is 4.92 Å². The number of aromatic nitrogens is 2. The largest absolute Gasteiger partial charge is 0.362 e. The van der Waals surface area contributed by atoms with Gasteiger partial charge in [-0.3, -0.25) is 15.1 Å². The molecule has 0 aliphatic rings. The van der Waals surface area contributed by atoms with Crippen molar-refractivity contribution in [2.75, 3.05) is 5.32 Å². The second-order valence-electron chi connectivity index (χ2n) is 4.84. The number of aryl methyl sites for hydroxylation is 1. The van der Waals surface area contributed by atoms with Crippen LogP contribution in [-0.4, -0.2) is 20.9 Å². The standard InChI is InChI=1S/C14H16N4O2/c1-9(2)17-14-13(18(19)20)6-12(8-16-14)11-5-4-10(3)15-7-11/h4-9H,1-3H3,(H,16,17). The molecule has 104 valence electrons. The van der Waals surface area contributed by atoms with Gasteiger partial charge in [0.2, 0.25) is 5.82 Å². The minimum absolute atomic E-state index is 0.0308. The Labute approximate surface area is 117 Å². The molecule has 2 aromatic heterocycles. The van der Waals surface area contributed by atoms with Crippen molar-refractivity contribution in [3.8, 4) is 11.1 Å². The first kappa shape index (κ1) is 13.9. The second-order valence-corrected chi connectivity index (χ2v) is 4.84. The van der Waals surface area contributed by atoms with Crippen LogP contribution in [-0.2, 0) is 0 Å². The molecule has 0 saturated carbocycles. The minimum Gasteiger partial charge on any atom is -0.362 e. The molecule has 20 heavy (non-hydrogen) atoms. The van der Waals surface area contributed by atoms with Gasteiger partial charge < -0.3 is 5.32 Å². The topological polar surface area (TPSA) is 81.0 Å². The number of hydrogen-bond donors (Lipinski definition) is 1. The highest BCUT2D eigenvalue weighted by Crippen LogP contribution is 2.28. The monoisotopic (exact) mass is 272 g/mol. The molecule has 0 bridgehead atoms. The fourth-order valence-electron chi connectivity index (χ4n) is 1.77. The van der Waals surface area contributed by atoms with Crippen molar-refractivity contribution in [3.63, 3.8) is 0 Å². The predicted octanol–water partition coefficient (Wildman–Crippen LogP) is 3.18. The third kappa shape index (κ3) is 3.09. The van der Waals surface area contributed by atoms with Crippen LogP contribution in [0.2, 0.25) is 0 Å². The van der Waals surface area contributed by atoms with Crippen LogP contribution >= 0.6 is 0 Å². The predicted molar refractivity (Wildman–Crippen MR) is 77.6 cm³/mol. The highest BCUT2D eigenvalue weighted by molar-refractivity contribution is 5.69. The molecule has 2 heterocycles. The van der Waals surface area contributed by atoms with E-state index in [0.717, 1.165) is 11.3 Å². The molecule has 2 aromatic rings. The van der Waals surface area contributed by atoms with Crippen LogP contribution in [0.4, 0.5) is 11.5 Å². The number of anilines is 1. The van der Waals surface area contributed by atoms with E-state index in [9.17, 15) is 10.1 Å². The van der Waals surface area contributed by atoms with Gasteiger partial charge in [0.25, 0.3) is 0 Å². The molecule has 0 aromatic carbocycles. The van der Waals surface area contributed by atoms with Crippen molar-refractivity contribution in [2.24, 2.45) is 0 Å². The Bertz CT molecular complexity index is 624. The van der Waals surface area contributed by atoms with Gasteiger partial charge in [0, 0.05) is 41.3 Å². The SMILES string of the molecule is Cc1ccc(-c2cnc(NC(C)C)c([N+](=O)[O-])c2)cn1. The Balaban J connectivity index is 2.44. The van der Waals surface area contributed by atoms with Gasteiger partial charge in [-0.25, -0.2) is 4.98 Å². The van der Waals surface area contributed by atoms with Crippen LogP contribution in [0.25, 0.3) is 11.1 Å². The summed E-state index contributed by atoms with van der Waals surface area (Å²) < 4.78 is 0. The van der Waals surface area contributed by atoms with Crippen LogP contribution < -0.4 is 5.32 Å². The maximum atomic E-state index is 11.2. The van der Waals surface area contributed by atoms with E-state index in [1.54, 1.807) is 12.4 Å². The van der Waals surface area contributed by atoms with Crippen molar-refractivity contribution < 1.29 is 4.92 Å². The molecule has 0 aliphatic carbocycles. The summed E-state index contributed by atoms with van der Waals surface area (Å²) >= 11 is 0. The van der Waals surface area contributed by atoms with E-state index in [1.807, 2.05) is 32.9 Å². The maximum absolute atomic E-state index is 11.2. The smallest absolute Gasteiger partial charge is 0.311 e. The van der Waals surface area contributed by atoms with Gasteiger partial charge in [0.15, 0.2) is 0 Å². The lowest BCUT2D eigenvalue weighted by atomic mass is 10.1. The normalized spacial score (nSPS) is 10.6. The number of rotatable bonds is 4. The molecular weight excluding hydrogens is 256 g/mol. The fourth-order valence-corrected chi connectivity index (χ4v) is 1.77. The molecule has 6 nitrogen and oxygen atoms in total. The molecule has 0 spiro atoms. The van der Waals surface area contributed by atoms with E-state index in [0.29, 0.717) is 5.56 Å². The molecule has 0 unspecified atom stereocenters. The first-order valence-electron chi connectivity index (χ1n) is 6.31. The molecule has 6 heteroatoms. The number of nitro groups is 1. The number of hydrogen-bond acceptors (Lipinski definition) is 5. The summed E-state index contributed by atoms with van der Waals surface area (Å²) in [4.78, 5) is 19.1. The maximum Gasteiger partial charge on any atom is 0.311 e. The van der Waals surface area contributed by atoms with Crippen molar-refractivity contribution in [2.45, 2.75) is 26.8 Å². The minimum atomic E-state index is -0.428. The third-order valence-electron chi connectivity index (χ3n) is 2.73. The first-order valence-corrected chi connectivity index (χ1v) is 6.31. The summed E-state index contributed by atoms with van der Waals surface area (Å²) in [5.74, 6) is 0.286. The van der Waals surface area contributed by atoms with Gasteiger partial charge in [-0.1, -0.05) is 6.07 Å². The highest BCUT2D eigenvalue weighted by Gasteiger charge is 2.17. The van der Waals surface area contributed by atoms with E-state index < -0.39 is 4.92 Å². The van der Waals surface area contributed by atoms with Crippen LogP contribution in [0.1, 0.15) is 19.5 Å². The zero-order valence-corrected chi connectivity index (χ0v) is 11.6. The summed E-state index contributed by atoms with van der Waals surface area (Å²) in [5, 5.41) is 14.1. The molecule has 2 rings (SSSR count). The first-order chi connectivity index (χ1) is 9.47. The Morgan fingerprint density at radius 2 is 1.90 bits per heavy atom. The van der Waals surface area contributed by atoms with Gasteiger partial charge in [-0.05, 0) is 26.8 Å². The average molecular weight is 272 g/mol. The summed E-state index contributed by atoms with van der Waals surface area (Å²) in [6, 6.07) is 5.33. The summed E-state index contributed by atoms with van der Waals surface area (Å²) in [6.07, 6.45) is 3.30. The van der Waals surface area contributed by atoms with Crippen molar-refractivity contribution in [3.05, 3.63) is 46.4 Å². The Morgan fingerprint density at radius 3 is 2.45 bits per heavy atom. The second kappa shape index (κ2) is 5.64. The van der Waals surface area contributed by atoms with E-state index in [2.05, 4.69) is 15.3 Å². The van der Waals surface area contributed by atoms with E-state index in [4.69, 9.17) is 0 Å². The molecule has 0 saturated heterocycles. The van der Waals surface area contributed by atoms with Gasteiger partial charge in [0.1, 0.15) is 0 Å². The summed E-state index contributed by atoms with van der Waals surface area (Å²) in [7, 11) is 0. The van der Waals surface area contributed by atoms with E-state index in [-0.39, 0.29) is 17.5 Å². The number of nitrogens with one attached hydrogen (secondary N) is 1. The van der Waals surface area contributed by atoms with Crippen molar-refractivity contribution in [1.29, 1.82) is 0 Å². The molecular formula is C14H16N4O2. The number of nitrogens with zero attached hydrogens (tertiary/aromatic N) is 3. The third-order valence-corrected chi connectivity index (χ3v) is 2.73. The lowest BCUT2D eigenvalue weighted by Gasteiger charge is -2.10. The van der Waals surface area contributed by atoms with Crippen molar-refractivity contribution >= 4 is 11.5 Å². The molecule has 0 fully saturated rings. The highest BCUT2D eigenvalue weighted by atomic mass is 16.6. The van der Waals surface area contributed by atoms with Gasteiger partial charge in [-0.15, -0.1) is 0 Å². The molecule has 0 aliphatic heterocycles. The van der Waals surface area contributed by atoms with Gasteiger partial charge in [-0.2, -0.15) is 0 Å². The lowest BCUT2D eigenvalue weighted by molar-refractivity contribution is -0.384. The Kier molecular flexibility index (Phi) is 3.93. The summed E-state index contributed by atoms with van der Waals surface area (Å²) in [6.45, 7) is 5.70. The van der Waals surface area contributed by atoms with Gasteiger partial charge >= 0.3 is 5.69 Å². The quantitative estimate of drug-likeness (QED) is 0.683. The lowest BCUT2D eigenvalue weighted by Crippen LogP contribution is -2.12. The molecule has 0 radical (unpaired) electrons. The van der Waals surface area contributed by atoms with Crippen LogP contribution in [0.5, 0.6) is 0 Å². The summed E-state index contributed by atoms with van der Waals surface area (Å²) in [5.41, 5.74) is 2.35. The Hall–Kier alpha value is -2.50. The van der Waals surface area contributed by atoms with Crippen LogP contribution in [0, 0.1) is 17.0 Å². The van der Waals surface area contributed by atoms with Crippen LogP contribution in [0.15, 0.2) is 30.6 Å². The molecule has 0 atom stereocenters. The zero-order chi connectivity index (χ0) is 14.7.